The van der Waals surface area contributed by atoms with E-state index < -0.39 is 38.7 Å². The molecule has 1 aromatic heterocycles. The molecule has 148 valence electrons. The predicted octanol–water partition coefficient (Wildman–Crippen LogP) is 1.81. The van der Waals surface area contributed by atoms with Crippen molar-refractivity contribution in [3.05, 3.63) is 53.9 Å². The van der Waals surface area contributed by atoms with E-state index in [1.807, 2.05) is 0 Å². The van der Waals surface area contributed by atoms with Gasteiger partial charge in [0.2, 0.25) is 5.91 Å². The van der Waals surface area contributed by atoms with E-state index in [9.17, 15) is 22.0 Å². The second-order valence-corrected chi connectivity index (χ2v) is 8.70. The molecule has 2 heterocycles. The van der Waals surface area contributed by atoms with Crippen LogP contribution in [0.2, 0.25) is 0 Å². The number of nitrogens with two attached hydrogens (primary N) is 1. The summed E-state index contributed by atoms with van der Waals surface area (Å²) >= 11 is 0. The summed E-state index contributed by atoms with van der Waals surface area (Å²) in [5, 5.41) is 2.40. The van der Waals surface area contributed by atoms with Crippen molar-refractivity contribution < 1.29 is 26.8 Å². The van der Waals surface area contributed by atoms with Crippen LogP contribution < -0.4 is 5.73 Å². The van der Waals surface area contributed by atoms with Crippen molar-refractivity contribution in [2.45, 2.75) is 24.2 Å². The van der Waals surface area contributed by atoms with Crippen molar-refractivity contribution in [1.29, 1.82) is 0 Å². The van der Waals surface area contributed by atoms with Crippen LogP contribution in [0.4, 0.5) is 8.78 Å². The Kier molecular flexibility index (Phi) is 5.41. The average molecular weight is 409 g/mol. The van der Waals surface area contributed by atoms with Gasteiger partial charge in [0, 0.05) is 36.4 Å². The van der Waals surface area contributed by atoms with E-state index in [1.165, 1.54) is 30.5 Å². The second-order valence-electron chi connectivity index (χ2n) is 6.48. The van der Waals surface area contributed by atoms with Gasteiger partial charge in [0.1, 0.15) is 23.0 Å². The largest absolute Gasteiger partial charge is 0.392 e. The van der Waals surface area contributed by atoms with Crippen LogP contribution in [0.1, 0.15) is 18.4 Å². The summed E-state index contributed by atoms with van der Waals surface area (Å²) in [5.74, 6) is -2.18. The van der Waals surface area contributed by atoms with Crippen molar-refractivity contribution in [1.82, 2.24) is 4.98 Å². The summed E-state index contributed by atoms with van der Waals surface area (Å²) < 4.78 is 51.8. The molecular formula is C18H17F2N3O4S. The number of amides is 1. The van der Waals surface area contributed by atoms with Crippen LogP contribution in [0.3, 0.4) is 0 Å². The fourth-order valence-electron chi connectivity index (χ4n) is 2.98. The molecule has 0 spiro atoms. The number of pyridine rings is 1. The number of carbonyl (C=O) groups excluding carboxylic acids is 1. The predicted molar refractivity (Wildman–Crippen MR) is 98.1 cm³/mol. The standard InChI is InChI=1S/C18H17F2N3O4S/c1-28(25,26)17(18(21)24)8-11-7-16(23-27-11)13-3-2-10(6-14(13)19)12-4-5-22-9-15(12)20/h2-6,9,11,17H,7-8H2,1H3,(H2,21,24)/t11-,17?/m1/s1. The lowest BCUT2D eigenvalue weighted by atomic mass is 9.98. The number of sulfone groups is 1. The van der Waals surface area contributed by atoms with Crippen molar-refractivity contribution in [2.24, 2.45) is 10.9 Å². The Bertz CT molecular complexity index is 1060. The summed E-state index contributed by atoms with van der Waals surface area (Å²) in [5.41, 5.74) is 6.11. The zero-order valence-electron chi connectivity index (χ0n) is 14.8. The number of nitrogens with zero attached hydrogens (tertiary/aromatic N) is 2. The van der Waals surface area contributed by atoms with E-state index in [4.69, 9.17) is 10.6 Å². The van der Waals surface area contributed by atoms with E-state index in [-0.39, 0.29) is 29.7 Å². The smallest absolute Gasteiger partial charge is 0.235 e. The number of benzene rings is 1. The third kappa shape index (κ3) is 4.16. The van der Waals surface area contributed by atoms with Gasteiger partial charge < -0.3 is 10.6 Å². The molecule has 0 saturated heterocycles. The van der Waals surface area contributed by atoms with E-state index >= 15 is 0 Å². The highest BCUT2D eigenvalue weighted by Gasteiger charge is 2.34. The summed E-state index contributed by atoms with van der Waals surface area (Å²) in [7, 11) is -3.70. The molecule has 1 aliphatic heterocycles. The first kappa shape index (κ1) is 19.9. The Morgan fingerprint density at radius 1 is 1.29 bits per heavy atom. The topological polar surface area (TPSA) is 112 Å². The molecule has 2 aromatic rings. The molecule has 3 rings (SSSR count). The molecule has 1 aromatic carbocycles. The summed E-state index contributed by atoms with van der Waals surface area (Å²) in [6.45, 7) is 0. The lowest BCUT2D eigenvalue weighted by molar-refractivity contribution is -0.118. The number of hydrogen-bond donors (Lipinski definition) is 1. The average Bonchev–Trinajstić information content (AvgIpc) is 3.07. The summed E-state index contributed by atoms with van der Waals surface area (Å²) in [6, 6.07) is 5.59. The van der Waals surface area contributed by atoms with Gasteiger partial charge in [-0.1, -0.05) is 11.2 Å². The van der Waals surface area contributed by atoms with Gasteiger partial charge in [-0.05, 0) is 23.8 Å². The molecular weight excluding hydrogens is 392 g/mol. The quantitative estimate of drug-likeness (QED) is 0.782. The van der Waals surface area contributed by atoms with Gasteiger partial charge in [-0.3, -0.25) is 9.78 Å². The summed E-state index contributed by atoms with van der Waals surface area (Å²) in [6.07, 6.45) is 2.56. The maximum Gasteiger partial charge on any atom is 0.235 e. The molecule has 1 unspecified atom stereocenters. The molecule has 0 saturated carbocycles. The molecule has 0 radical (unpaired) electrons. The number of rotatable bonds is 6. The molecule has 0 bridgehead atoms. The minimum atomic E-state index is -3.70. The first-order valence-corrected chi connectivity index (χ1v) is 10.2. The van der Waals surface area contributed by atoms with Gasteiger partial charge in [0.25, 0.3) is 0 Å². The second kappa shape index (κ2) is 7.63. The minimum absolute atomic E-state index is 0.110. The van der Waals surface area contributed by atoms with Gasteiger partial charge in [-0.15, -0.1) is 0 Å². The Labute approximate surface area is 160 Å². The van der Waals surface area contributed by atoms with E-state index in [1.54, 1.807) is 0 Å². The molecule has 2 atom stereocenters. The first-order valence-electron chi connectivity index (χ1n) is 8.27. The highest BCUT2D eigenvalue weighted by molar-refractivity contribution is 7.92. The molecule has 28 heavy (non-hydrogen) atoms. The Morgan fingerprint density at radius 2 is 2.04 bits per heavy atom. The van der Waals surface area contributed by atoms with Crippen molar-refractivity contribution >= 4 is 21.5 Å². The van der Waals surface area contributed by atoms with Crippen LogP contribution in [0, 0.1) is 11.6 Å². The Morgan fingerprint density at radius 3 is 2.64 bits per heavy atom. The fraction of sp³-hybridized carbons (Fsp3) is 0.278. The number of carbonyl (C=O) groups is 1. The third-order valence-electron chi connectivity index (χ3n) is 4.41. The molecule has 1 aliphatic rings. The Balaban J connectivity index is 1.77. The van der Waals surface area contributed by atoms with Gasteiger partial charge in [-0.25, -0.2) is 17.2 Å². The lowest BCUT2D eigenvalue weighted by Crippen LogP contribution is -2.38. The zero-order valence-corrected chi connectivity index (χ0v) is 15.6. The maximum absolute atomic E-state index is 14.6. The Hall–Kier alpha value is -2.88. The van der Waals surface area contributed by atoms with Gasteiger partial charge in [0.15, 0.2) is 9.84 Å². The van der Waals surface area contributed by atoms with Gasteiger partial charge in [-0.2, -0.15) is 0 Å². The number of oxime groups is 1. The number of aromatic nitrogens is 1. The molecule has 0 aliphatic carbocycles. The van der Waals surface area contributed by atoms with Crippen molar-refractivity contribution in [3.8, 4) is 11.1 Å². The van der Waals surface area contributed by atoms with E-state index in [2.05, 4.69) is 10.1 Å². The molecule has 0 fully saturated rings. The molecule has 1 amide bonds. The van der Waals surface area contributed by atoms with Crippen LogP contribution in [0.5, 0.6) is 0 Å². The van der Waals surface area contributed by atoms with Crippen LogP contribution in [0.15, 0.2) is 41.8 Å². The van der Waals surface area contributed by atoms with E-state index in [0.717, 1.165) is 12.5 Å². The monoisotopic (exact) mass is 409 g/mol. The fourth-order valence-corrected chi connectivity index (χ4v) is 3.97. The molecule has 10 heteroatoms. The molecule has 2 N–H and O–H groups in total. The maximum atomic E-state index is 14.6. The van der Waals surface area contributed by atoms with Crippen molar-refractivity contribution in [3.63, 3.8) is 0 Å². The van der Waals surface area contributed by atoms with Crippen LogP contribution in [-0.2, 0) is 19.5 Å². The lowest BCUT2D eigenvalue weighted by Gasteiger charge is -2.14. The minimum Gasteiger partial charge on any atom is -0.392 e. The number of hydrogen-bond acceptors (Lipinski definition) is 6. The van der Waals surface area contributed by atoms with Crippen LogP contribution in [0.25, 0.3) is 11.1 Å². The number of halogens is 2. The van der Waals surface area contributed by atoms with Crippen LogP contribution >= 0.6 is 0 Å². The van der Waals surface area contributed by atoms with E-state index in [0.29, 0.717) is 5.56 Å². The number of primary amides is 1. The van der Waals surface area contributed by atoms with Crippen molar-refractivity contribution in [2.75, 3.05) is 6.26 Å². The first-order chi connectivity index (χ1) is 13.2. The van der Waals surface area contributed by atoms with Gasteiger partial charge in [0.05, 0.1) is 11.9 Å². The summed E-state index contributed by atoms with van der Waals surface area (Å²) in [4.78, 5) is 20.2. The van der Waals surface area contributed by atoms with Gasteiger partial charge >= 0.3 is 0 Å². The highest BCUT2D eigenvalue weighted by atomic mass is 32.2. The SMILES string of the molecule is CS(=O)(=O)C(C[C@H]1CC(c2ccc(-c3ccncc3F)cc2F)=NO1)C(N)=O. The molecule has 7 nitrogen and oxygen atoms in total. The zero-order chi connectivity index (χ0) is 20.5. The normalized spacial score (nSPS) is 17.7. The van der Waals surface area contributed by atoms with Crippen LogP contribution in [-0.4, -0.2) is 42.6 Å². The highest BCUT2D eigenvalue weighted by Crippen LogP contribution is 2.27. The third-order valence-corrected chi connectivity index (χ3v) is 5.87.